The second-order valence-electron chi connectivity index (χ2n) is 6.15. The number of aryl methyl sites for hydroxylation is 2. The molecule has 0 radical (unpaired) electrons. The van der Waals surface area contributed by atoms with Gasteiger partial charge in [0, 0.05) is 37.0 Å². The summed E-state index contributed by atoms with van der Waals surface area (Å²) in [4.78, 5) is 13.4. The van der Waals surface area contributed by atoms with Gasteiger partial charge in [0.25, 0.3) is 0 Å². The van der Waals surface area contributed by atoms with Gasteiger partial charge in [0.2, 0.25) is 0 Å². The van der Waals surface area contributed by atoms with Crippen LogP contribution in [-0.4, -0.2) is 30.7 Å². The number of rotatable bonds is 3. The molecule has 0 saturated carbocycles. The van der Waals surface area contributed by atoms with E-state index in [4.69, 9.17) is 0 Å². The Kier molecular flexibility index (Phi) is 3.65. The lowest BCUT2D eigenvalue weighted by molar-refractivity contribution is 0.475. The highest BCUT2D eigenvalue weighted by Gasteiger charge is 2.20. The van der Waals surface area contributed by atoms with Gasteiger partial charge in [0.15, 0.2) is 5.82 Å². The molecule has 1 atom stereocenters. The lowest BCUT2D eigenvalue weighted by Crippen LogP contribution is -2.31. The first-order valence-corrected chi connectivity index (χ1v) is 8.09. The summed E-state index contributed by atoms with van der Waals surface area (Å²) < 4.78 is 2.22. The number of benzene rings is 1. The standard InChI is InChI=1S/C18H19N5O/c1-12-10-23-11-14(5-6-17(23)20-12)21-16-7-8-19-18(22-16)13-3-2-4-15(24)9-13/h2-4,7-10,14,24H,5-6,11H2,1H3,(H,19,21,22). The van der Waals surface area contributed by atoms with Crippen LogP contribution in [0.25, 0.3) is 11.4 Å². The highest BCUT2D eigenvalue weighted by atomic mass is 16.3. The van der Waals surface area contributed by atoms with E-state index < -0.39 is 0 Å². The number of anilines is 1. The molecule has 1 aromatic carbocycles. The second-order valence-corrected chi connectivity index (χ2v) is 6.15. The maximum atomic E-state index is 9.62. The topological polar surface area (TPSA) is 75.9 Å². The summed E-state index contributed by atoms with van der Waals surface area (Å²) in [7, 11) is 0. The molecule has 6 nitrogen and oxygen atoms in total. The third-order valence-electron chi connectivity index (χ3n) is 4.23. The Morgan fingerprint density at radius 2 is 2.17 bits per heavy atom. The largest absolute Gasteiger partial charge is 0.508 e. The maximum absolute atomic E-state index is 9.62. The number of fused-ring (bicyclic) bond motifs is 1. The first-order chi connectivity index (χ1) is 11.7. The summed E-state index contributed by atoms with van der Waals surface area (Å²) in [5, 5.41) is 13.1. The Balaban J connectivity index is 1.52. The molecule has 2 aromatic heterocycles. The zero-order valence-corrected chi connectivity index (χ0v) is 13.5. The van der Waals surface area contributed by atoms with E-state index >= 15 is 0 Å². The molecule has 2 N–H and O–H groups in total. The molecule has 122 valence electrons. The predicted molar refractivity (Wildman–Crippen MR) is 91.8 cm³/mol. The zero-order chi connectivity index (χ0) is 16.5. The Bertz CT molecular complexity index is 873. The summed E-state index contributed by atoms with van der Waals surface area (Å²) in [6.45, 7) is 2.92. The molecule has 0 bridgehead atoms. The lowest BCUT2D eigenvalue weighted by Gasteiger charge is -2.25. The number of nitrogens with one attached hydrogen (secondary N) is 1. The van der Waals surface area contributed by atoms with Crippen molar-refractivity contribution in [3.63, 3.8) is 0 Å². The zero-order valence-electron chi connectivity index (χ0n) is 13.5. The van der Waals surface area contributed by atoms with Gasteiger partial charge >= 0.3 is 0 Å². The Hall–Kier alpha value is -2.89. The van der Waals surface area contributed by atoms with Crippen molar-refractivity contribution >= 4 is 5.82 Å². The van der Waals surface area contributed by atoms with E-state index in [9.17, 15) is 5.11 Å². The van der Waals surface area contributed by atoms with Crippen LogP contribution >= 0.6 is 0 Å². The first kappa shape index (κ1) is 14.7. The summed E-state index contributed by atoms with van der Waals surface area (Å²) >= 11 is 0. The lowest BCUT2D eigenvalue weighted by atomic mass is 10.1. The number of hydrogen-bond acceptors (Lipinski definition) is 5. The maximum Gasteiger partial charge on any atom is 0.161 e. The minimum atomic E-state index is 0.213. The van der Waals surface area contributed by atoms with Crippen LogP contribution in [0, 0.1) is 6.92 Å². The number of aromatic nitrogens is 4. The van der Waals surface area contributed by atoms with Gasteiger partial charge in [-0.05, 0) is 31.5 Å². The van der Waals surface area contributed by atoms with E-state index in [0.717, 1.165) is 42.3 Å². The van der Waals surface area contributed by atoms with E-state index in [2.05, 4.69) is 31.0 Å². The molecule has 0 saturated heterocycles. The van der Waals surface area contributed by atoms with Crippen LogP contribution in [0.2, 0.25) is 0 Å². The van der Waals surface area contributed by atoms with Crippen molar-refractivity contribution in [1.82, 2.24) is 19.5 Å². The Morgan fingerprint density at radius 1 is 1.25 bits per heavy atom. The van der Waals surface area contributed by atoms with Crippen molar-refractivity contribution in [2.75, 3.05) is 5.32 Å². The molecule has 1 aliphatic rings. The molecule has 24 heavy (non-hydrogen) atoms. The second kappa shape index (κ2) is 5.96. The van der Waals surface area contributed by atoms with Gasteiger partial charge in [0.05, 0.1) is 5.69 Å². The SMILES string of the molecule is Cc1cn2c(n1)CCC(Nc1ccnc(-c3cccc(O)c3)n1)C2. The van der Waals surface area contributed by atoms with Crippen LogP contribution in [0.4, 0.5) is 5.82 Å². The number of phenols is 1. The van der Waals surface area contributed by atoms with Crippen LogP contribution in [0.1, 0.15) is 17.9 Å². The van der Waals surface area contributed by atoms with Gasteiger partial charge in [-0.2, -0.15) is 0 Å². The van der Waals surface area contributed by atoms with Crippen LogP contribution in [0.5, 0.6) is 5.75 Å². The fourth-order valence-corrected chi connectivity index (χ4v) is 3.14. The van der Waals surface area contributed by atoms with Crippen LogP contribution in [0.15, 0.2) is 42.7 Å². The fraction of sp³-hybridized carbons (Fsp3) is 0.278. The summed E-state index contributed by atoms with van der Waals surface area (Å²) in [6.07, 6.45) is 5.84. The molecule has 3 aromatic rings. The van der Waals surface area contributed by atoms with Crippen molar-refractivity contribution in [3.8, 4) is 17.1 Å². The number of aromatic hydroxyl groups is 1. The summed E-state index contributed by atoms with van der Waals surface area (Å²) in [5.74, 6) is 2.78. The van der Waals surface area contributed by atoms with E-state index in [-0.39, 0.29) is 5.75 Å². The van der Waals surface area contributed by atoms with Gasteiger partial charge in [-0.15, -0.1) is 0 Å². The van der Waals surface area contributed by atoms with Crippen LogP contribution in [-0.2, 0) is 13.0 Å². The molecule has 3 heterocycles. The number of nitrogens with zero attached hydrogens (tertiary/aromatic N) is 4. The van der Waals surface area contributed by atoms with Gasteiger partial charge in [-0.1, -0.05) is 12.1 Å². The van der Waals surface area contributed by atoms with Crippen molar-refractivity contribution in [3.05, 3.63) is 54.2 Å². The molecule has 6 heteroatoms. The molecule has 0 amide bonds. The van der Waals surface area contributed by atoms with E-state index in [1.54, 1.807) is 24.4 Å². The fourth-order valence-electron chi connectivity index (χ4n) is 3.14. The molecule has 4 rings (SSSR count). The average molecular weight is 321 g/mol. The molecular weight excluding hydrogens is 302 g/mol. The van der Waals surface area contributed by atoms with Crippen molar-refractivity contribution in [2.24, 2.45) is 0 Å². The Labute approximate surface area is 140 Å². The van der Waals surface area contributed by atoms with Crippen LogP contribution < -0.4 is 5.32 Å². The van der Waals surface area contributed by atoms with Gasteiger partial charge in [-0.25, -0.2) is 15.0 Å². The average Bonchev–Trinajstić information content (AvgIpc) is 2.94. The molecule has 0 fully saturated rings. The normalized spacial score (nSPS) is 16.6. The highest BCUT2D eigenvalue weighted by Crippen LogP contribution is 2.22. The van der Waals surface area contributed by atoms with E-state index in [1.807, 2.05) is 19.1 Å². The number of phenolic OH excluding ortho intramolecular Hbond substituents is 1. The van der Waals surface area contributed by atoms with Gasteiger partial charge in [0.1, 0.15) is 17.4 Å². The van der Waals surface area contributed by atoms with Crippen LogP contribution in [0.3, 0.4) is 0 Å². The Morgan fingerprint density at radius 3 is 3.04 bits per heavy atom. The smallest absolute Gasteiger partial charge is 0.161 e. The molecule has 0 spiro atoms. The molecule has 0 aliphatic carbocycles. The summed E-state index contributed by atoms with van der Waals surface area (Å²) in [6, 6.07) is 9.18. The van der Waals surface area contributed by atoms with Crippen molar-refractivity contribution in [1.29, 1.82) is 0 Å². The predicted octanol–water partition coefficient (Wildman–Crippen LogP) is 2.78. The highest BCUT2D eigenvalue weighted by molar-refractivity contribution is 5.58. The first-order valence-electron chi connectivity index (χ1n) is 8.09. The third kappa shape index (κ3) is 2.95. The molecule has 1 unspecified atom stereocenters. The number of imidazole rings is 1. The quantitative estimate of drug-likeness (QED) is 0.776. The minimum absolute atomic E-state index is 0.213. The molecular formula is C18H19N5O. The van der Waals surface area contributed by atoms with Gasteiger partial charge < -0.3 is 15.0 Å². The minimum Gasteiger partial charge on any atom is -0.508 e. The van der Waals surface area contributed by atoms with Crippen molar-refractivity contribution < 1.29 is 5.11 Å². The molecule has 1 aliphatic heterocycles. The monoisotopic (exact) mass is 321 g/mol. The van der Waals surface area contributed by atoms with Gasteiger partial charge in [-0.3, -0.25) is 0 Å². The summed E-state index contributed by atoms with van der Waals surface area (Å²) in [5.41, 5.74) is 1.87. The third-order valence-corrected chi connectivity index (χ3v) is 4.23. The number of hydrogen-bond donors (Lipinski definition) is 2. The van der Waals surface area contributed by atoms with Crippen molar-refractivity contribution in [2.45, 2.75) is 32.4 Å². The van der Waals surface area contributed by atoms with E-state index in [0.29, 0.717) is 11.9 Å². The van der Waals surface area contributed by atoms with E-state index in [1.165, 1.54) is 0 Å².